The molecule has 0 aromatic carbocycles. The van der Waals surface area contributed by atoms with Gasteiger partial charge in [0.1, 0.15) is 0 Å². The summed E-state index contributed by atoms with van der Waals surface area (Å²) in [7, 11) is 0. The molecule has 0 aromatic rings. The second-order valence-electron chi connectivity index (χ2n) is 4.88. The fraction of sp³-hybridized carbons (Fsp3) is 0.917. The van der Waals surface area contributed by atoms with Crippen LogP contribution in [0, 0.1) is 5.92 Å². The zero-order chi connectivity index (χ0) is 11.4. The van der Waals surface area contributed by atoms with E-state index in [1.54, 1.807) is 0 Å². The van der Waals surface area contributed by atoms with E-state index in [9.17, 15) is 4.79 Å². The Balaban J connectivity index is 1.58. The van der Waals surface area contributed by atoms with Crippen molar-refractivity contribution in [3.05, 3.63) is 0 Å². The quantitative estimate of drug-likeness (QED) is 0.724. The molecule has 1 aliphatic heterocycles. The monoisotopic (exact) mass is 226 g/mol. The largest absolute Gasteiger partial charge is 0.378 e. The number of carbonyl (C=O) groups is 1. The Kier molecular flexibility index (Phi) is 4.18. The zero-order valence-electron chi connectivity index (χ0n) is 10.00. The van der Waals surface area contributed by atoms with E-state index in [2.05, 4.69) is 10.6 Å². The normalized spacial score (nSPS) is 33.4. The summed E-state index contributed by atoms with van der Waals surface area (Å²) in [6.45, 7) is 4.77. The van der Waals surface area contributed by atoms with Crippen molar-refractivity contribution in [1.82, 2.24) is 10.6 Å². The van der Waals surface area contributed by atoms with E-state index >= 15 is 0 Å². The van der Waals surface area contributed by atoms with Crippen LogP contribution in [0.15, 0.2) is 0 Å². The highest BCUT2D eigenvalue weighted by Gasteiger charge is 2.31. The number of amides is 1. The number of hydrogen-bond acceptors (Lipinski definition) is 3. The molecule has 2 aliphatic rings. The van der Waals surface area contributed by atoms with Crippen LogP contribution in [0.25, 0.3) is 0 Å². The fourth-order valence-electron chi connectivity index (χ4n) is 2.54. The minimum absolute atomic E-state index is 0.216. The van der Waals surface area contributed by atoms with Crippen molar-refractivity contribution in [2.75, 3.05) is 19.7 Å². The predicted molar refractivity (Wildman–Crippen MR) is 62.2 cm³/mol. The molecule has 4 nitrogen and oxygen atoms in total. The lowest BCUT2D eigenvalue weighted by atomic mass is 9.80. The van der Waals surface area contributed by atoms with Crippen molar-refractivity contribution in [2.24, 2.45) is 5.92 Å². The van der Waals surface area contributed by atoms with Gasteiger partial charge in [0.15, 0.2) is 0 Å². The maximum absolute atomic E-state index is 11.7. The molecule has 0 bridgehead atoms. The third-order valence-corrected chi connectivity index (χ3v) is 3.49. The summed E-state index contributed by atoms with van der Waals surface area (Å²) in [6, 6.07) is 0.357. The smallest absolute Gasteiger partial charge is 0.220 e. The van der Waals surface area contributed by atoms with Gasteiger partial charge in [-0.2, -0.15) is 0 Å². The second kappa shape index (κ2) is 5.64. The summed E-state index contributed by atoms with van der Waals surface area (Å²) >= 11 is 0. The molecular formula is C12H22N2O2. The molecule has 2 fully saturated rings. The highest BCUT2D eigenvalue weighted by Crippen LogP contribution is 2.32. The molecule has 1 heterocycles. The molecule has 1 amide bonds. The summed E-state index contributed by atoms with van der Waals surface area (Å²) in [6.07, 6.45) is 4.28. The molecule has 0 radical (unpaired) electrons. The van der Waals surface area contributed by atoms with Crippen molar-refractivity contribution in [2.45, 2.75) is 44.8 Å². The van der Waals surface area contributed by atoms with Crippen LogP contribution >= 0.6 is 0 Å². The molecule has 1 aliphatic carbocycles. The van der Waals surface area contributed by atoms with Crippen molar-refractivity contribution >= 4 is 5.91 Å². The van der Waals surface area contributed by atoms with Gasteiger partial charge in [0, 0.05) is 25.6 Å². The molecule has 0 aromatic heterocycles. The molecule has 0 unspecified atom stereocenters. The first kappa shape index (κ1) is 11.9. The number of rotatable bonds is 5. The van der Waals surface area contributed by atoms with Gasteiger partial charge in [0.25, 0.3) is 0 Å². The summed E-state index contributed by atoms with van der Waals surface area (Å²) in [5, 5.41) is 6.33. The fourth-order valence-corrected chi connectivity index (χ4v) is 2.54. The standard InChI is InChI=1S/C12H22N2O2/c1-2-16-11-5-9(6-11)7-12(15)14-10-3-4-13-8-10/h9-11,13H,2-8H2,1H3,(H,14,15)/t9?,10-,11?/m1/s1. The molecule has 92 valence electrons. The van der Waals surface area contributed by atoms with Crippen LogP contribution in [-0.2, 0) is 9.53 Å². The van der Waals surface area contributed by atoms with E-state index in [0.29, 0.717) is 24.5 Å². The van der Waals surface area contributed by atoms with Gasteiger partial charge in [-0.1, -0.05) is 0 Å². The Hall–Kier alpha value is -0.610. The van der Waals surface area contributed by atoms with E-state index in [1.807, 2.05) is 6.92 Å². The van der Waals surface area contributed by atoms with Gasteiger partial charge in [0.05, 0.1) is 6.10 Å². The molecular weight excluding hydrogens is 204 g/mol. The van der Waals surface area contributed by atoms with Crippen LogP contribution in [0.1, 0.15) is 32.6 Å². The van der Waals surface area contributed by atoms with Crippen LogP contribution in [-0.4, -0.2) is 37.7 Å². The number of carbonyl (C=O) groups excluding carboxylic acids is 1. The number of ether oxygens (including phenoxy) is 1. The van der Waals surface area contributed by atoms with Crippen LogP contribution < -0.4 is 10.6 Å². The summed E-state index contributed by atoms with van der Waals surface area (Å²) < 4.78 is 5.48. The van der Waals surface area contributed by atoms with Crippen LogP contribution in [0.2, 0.25) is 0 Å². The van der Waals surface area contributed by atoms with E-state index in [4.69, 9.17) is 4.74 Å². The highest BCUT2D eigenvalue weighted by atomic mass is 16.5. The lowest BCUT2D eigenvalue weighted by Gasteiger charge is -2.34. The Morgan fingerprint density at radius 2 is 2.31 bits per heavy atom. The molecule has 0 spiro atoms. The van der Waals surface area contributed by atoms with E-state index < -0.39 is 0 Å². The molecule has 2 rings (SSSR count). The van der Waals surface area contributed by atoms with Crippen molar-refractivity contribution in [3.8, 4) is 0 Å². The Labute approximate surface area is 97.1 Å². The summed E-state index contributed by atoms with van der Waals surface area (Å²) in [5.74, 6) is 0.763. The molecule has 16 heavy (non-hydrogen) atoms. The second-order valence-corrected chi connectivity index (χ2v) is 4.88. The van der Waals surface area contributed by atoms with Crippen LogP contribution in [0.5, 0.6) is 0 Å². The number of hydrogen-bond donors (Lipinski definition) is 2. The SMILES string of the molecule is CCOC1CC(CC(=O)N[C@@H]2CCNC2)C1. The lowest BCUT2D eigenvalue weighted by Crippen LogP contribution is -2.40. The highest BCUT2D eigenvalue weighted by molar-refractivity contribution is 5.76. The van der Waals surface area contributed by atoms with Crippen molar-refractivity contribution < 1.29 is 9.53 Å². The average Bonchev–Trinajstić information content (AvgIpc) is 2.67. The van der Waals surface area contributed by atoms with Gasteiger partial charge in [-0.25, -0.2) is 0 Å². The maximum Gasteiger partial charge on any atom is 0.220 e. The summed E-state index contributed by atoms with van der Waals surface area (Å²) in [5.41, 5.74) is 0. The van der Waals surface area contributed by atoms with Crippen molar-refractivity contribution in [3.63, 3.8) is 0 Å². The van der Waals surface area contributed by atoms with Crippen LogP contribution in [0.4, 0.5) is 0 Å². The minimum atomic E-state index is 0.216. The third-order valence-electron chi connectivity index (χ3n) is 3.49. The van der Waals surface area contributed by atoms with Gasteiger partial charge in [-0.15, -0.1) is 0 Å². The molecule has 1 atom stereocenters. The van der Waals surface area contributed by atoms with E-state index in [0.717, 1.165) is 39.0 Å². The third kappa shape index (κ3) is 3.19. The lowest BCUT2D eigenvalue weighted by molar-refractivity contribution is -0.124. The molecule has 4 heteroatoms. The Bertz CT molecular complexity index is 233. The van der Waals surface area contributed by atoms with Crippen molar-refractivity contribution in [1.29, 1.82) is 0 Å². The van der Waals surface area contributed by atoms with Gasteiger partial charge < -0.3 is 15.4 Å². The Morgan fingerprint density at radius 3 is 2.94 bits per heavy atom. The first-order valence-electron chi connectivity index (χ1n) is 6.39. The molecule has 1 saturated heterocycles. The first-order chi connectivity index (χ1) is 7.78. The number of nitrogens with one attached hydrogen (secondary N) is 2. The first-order valence-corrected chi connectivity index (χ1v) is 6.39. The maximum atomic E-state index is 11.7. The topological polar surface area (TPSA) is 50.4 Å². The minimum Gasteiger partial charge on any atom is -0.378 e. The van der Waals surface area contributed by atoms with E-state index in [1.165, 1.54) is 0 Å². The van der Waals surface area contributed by atoms with E-state index in [-0.39, 0.29) is 5.91 Å². The van der Waals surface area contributed by atoms with Gasteiger partial charge in [-0.3, -0.25) is 4.79 Å². The summed E-state index contributed by atoms with van der Waals surface area (Å²) in [4.78, 5) is 11.7. The van der Waals surface area contributed by atoms with Gasteiger partial charge in [0.2, 0.25) is 5.91 Å². The van der Waals surface area contributed by atoms with Crippen LogP contribution in [0.3, 0.4) is 0 Å². The van der Waals surface area contributed by atoms with Gasteiger partial charge >= 0.3 is 0 Å². The average molecular weight is 226 g/mol. The molecule has 1 saturated carbocycles. The molecule has 2 N–H and O–H groups in total. The zero-order valence-corrected chi connectivity index (χ0v) is 10.00. The van der Waals surface area contributed by atoms with Gasteiger partial charge in [-0.05, 0) is 38.6 Å². The Morgan fingerprint density at radius 1 is 1.50 bits per heavy atom. The predicted octanol–water partition coefficient (Wildman–Crippen LogP) is 0.670.